The Morgan fingerprint density at radius 3 is 2.71 bits per heavy atom. The number of halogens is 1. The van der Waals surface area contributed by atoms with Gasteiger partial charge in [-0.3, -0.25) is 14.5 Å². The monoisotopic (exact) mass is 468 g/mol. The van der Waals surface area contributed by atoms with Crippen LogP contribution in [0.5, 0.6) is 0 Å². The van der Waals surface area contributed by atoms with Gasteiger partial charge in [0.25, 0.3) is 11.8 Å². The molecule has 2 atom stereocenters. The average molecular weight is 469 g/mol. The van der Waals surface area contributed by atoms with Gasteiger partial charge in [0.05, 0.1) is 6.61 Å². The number of benzene rings is 1. The molecule has 0 bridgehead atoms. The molecule has 1 aromatic carbocycles. The van der Waals surface area contributed by atoms with Crippen molar-refractivity contribution in [1.29, 1.82) is 0 Å². The predicted molar refractivity (Wildman–Crippen MR) is 108 cm³/mol. The molecule has 2 heterocycles. The summed E-state index contributed by atoms with van der Waals surface area (Å²) in [5.41, 5.74) is 0.229. The molecule has 2 aliphatic rings. The molecule has 0 aliphatic carbocycles. The second kappa shape index (κ2) is 7.88. The molecule has 0 radical (unpaired) electrons. The normalized spacial score (nSPS) is 21.8. The summed E-state index contributed by atoms with van der Waals surface area (Å²) in [4.78, 5) is 39.2. The van der Waals surface area contributed by atoms with E-state index in [-0.39, 0.29) is 18.2 Å². The fourth-order valence-corrected chi connectivity index (χ4v) is 4.71. The van der Waals surface area contributed by atoms with E-state index in [1.54, 1.807) is 45.0 Å². The summed E-state index contributed by atoms with van der Waals surface area (Å²) in [6.45, 7) is 4.86. The van der Waals surface area contributed by atoms with Crippen LogP contribution in [0.3, 0.4) is 0 Å². The van der Waals surface area contributed by atoms with Gasteiger partial charge in [-0.2, -0.15) is 0 Å². The number of hydrogen-bond acceptors (Lipinski definition) is 6. The van der Waals surface area contributed by atoms with Crippen LogP contribution in [-0.4, -0.2) is 57.2 Å². The van der Waals surface area contributed by atoms with Gasteiger partial charge in [0.1, 0.15) is 22.7 Å². The summed E-state index contributed by atoms with van der Waals surface area (Å²) in [6.07, 6.45) is 0. The molecular weight excluding hydrogens is 448 g/mol. The van der Waals surface area contributed by atoms with Crippen molar-refractivity contribution in [3.8, 4) is 0 Å². The fourth-order valence-electron chi connectivity index (χ4n) is 2.97. The minimum absolute atomic E-state index is 0.0825. The van der Waals surface area contributed by atoms with Crippen LogP contribution in [-0.2, 0) is 14.3 Å². The Balaban J connectivity index is 1.78. The molecular formula is C19H21BrN2O5S. The molecule has 1 saturated heterocycles. The number of β-lactam (4-membered cyclic amide) rings is 1. The first-order chi connectivity index (χ1) is 13.1. The van der Waals surface area contributed by atoms with Gasteiger partial charge in [0.15, 0.2) is 0 Å². The molecule has 1 unspecified atom stereocenters. The Kier molecular flexibility index (Phi) is 5.88. The van der Waals surface area contributed by atoms with E-state index in [0.29, 0.717) is 16.9 Å². The van der Waals surface area contributed by atoms with Crippen LogP contribution in [0, 0.1) is 0 Å². The van der Waals surface area contributed by atoms with Crippen molar-refractivity contribution in [2.24, 2.45) is 0 Å². The number of thioether (sulfide) groups is 1. The zero-order valence-electron chi connectivity index (χ0n) is 15.7. The molecule has 1 fully saturated rings. The minimum atomic E-state index is -0.742. The molecule has 1 aromatic rings. The predicted octanol–water partition coefficient (Wildman–Crippen LogP) is 2.05. The van der Waals surface area contributed by atoms with E-state index in [9.17, 15) is 19.5 Å². The highest BCUT2D eigenvalue weighted by Crippen LogP contribution is 2.41. The molecule has 3 rings (SSSR count). The molecule has 2 amide bonds. The molecule has 0 saturated carbocycles. The Morgan fingerprint density at radius 1 is 1.39 bits per heavy atom. The van der Waals surface area contributed by atoms with E-state index in [1.165, 1.54) is 16.7 Å². The van der Waals surface area contributed by atoms with Crippen molar-refractivity contribution >= 4 is 45.5 Å². The number of rotatable bonds is 4. The number of hydrogen-bond donors (Lipinski definition) is 2. The van der Waals surface area contributed by atoms with Crippen molar-refractivity contribution < 1.29 is 24.2 Å². The number of carbonyl (C=O) groups is 3. The zero-order valence-corrected chi connectivity index (χ0v) is 18.1. The highest BCUT2D eigenvalue weighted by Gasteiger charge is 2.54. The molecule has 28 heavy (non-hydrogen) atoms. The molecule has 0 spiro atoms. The van der Waals surface area contributed by atoms with Crippen molar-refractivity contribution in [3.05, 3.63) is 45.6 Å². The summed E-state index contributed by atoms with van der Waals surface area (Å²) in [7, 11) is 0. The van der Waals surface area contributed by atoms with E-state index in [2.05, 4.69) is 21.2 Å². The van der Waals surface area contributed by atoms with E-state index >= 15 is 0 Å². The van der Waals surface area contributed by atoms with Gasteiger partial charge in [-0.15, -0.1) is 11.8 Å². The summed E-state index contributed by atoms with van der Waals surface area (Å²) < 4.78 is 6.17. The largest absolute Gasteiger partial charge is 0.455 e. The maximum absolute atomic E-state index is 12.7. The molecule has 2 N–H and O–H groups in total. The molecule has 0 aromatic heterocycles. The van der Waals surface area contributed by atoms with Crippen molar-refractivity contribution in [2.75, 3.05) is 12.4 Å². The van der Waals surface area contributed by atoms with Crippen molar-refractivity contribution in [1.82, 2.24) is 10.2 Å². The highest BCUT2D eigenvalue weighted by atomic mass is 79.9. The summed E-state index contributed by atoms with van der Waals surface area (Å²) >= 11 is 4.71. The molecule has 150 valence electrons. The second-order valence-electron chi connectivity index (χ2n) is 7.48. The first-order valence-electron chi connectivity index (χ1n) is 8.69. The molecule has 9 heteroatoms. The average Bonchev–Trinajstić information content (AvgIpc) is 2.63. The summed E-state index contributed by atoms with van der Waals surface area (Å²) in [5.74, 6) is -1.03. The summed E-state index contributed by atoms with van der Waals surface area (Å²) in [6, 6.07) is 6.12. The second-order valence-corrected chi connectivity index (χ2v) is 9.50. The number of esters is 1. The topological polar surface area (TPSA) is 95.9 Å². The lowest BCUT2D eigenvalue weighted by Crippen LogP contribution is -2.70. The summed E-state index contributed by atoms with van der Waals surface area (Å²) in [5, 5.41) is 11.9. The van der Waals surface area contributed by atoms with Crippen LogP contribution in [0.4, 0.5) is 0 Å². The lowest BCUT2D eigenvalue weighted by Gasteiger charge is -2.49. The first-order valence-corrected chi connectivity index (χ1v) is 10.5. The smallest absolute Gasteiger partial charge is 0.355 e. The number of ether oxygens (including phenoxy) is 1. The van der Waals surface area contributed by atoms with Crippen LogP contribution in [0.15, 0.2) is 40.0 Å². The quantitative estimate of drug-likeness (QED) is 0.518. The van der Waals surface area contributed by atoms with Gasteiger partial charge in [-0.25, -0.2) is 4.79 Å². The molecule has 2 aliphatic heterocycles. The van der Waals surface area contributed by atoms with Gasteiger partial charge in [-0.05, 0) is 44.5 Å². The minimum Gasteiger partial charge on any atom is -0.455 e. The lowest BCUT2D eigenvalue weighted by molar-refractivity contribution is -0.158. The van der Waals surface area contributed by atoms with Crippen molar-refractivity contribution in [3.63, 3.8) is 0 Å². The van der Waals surface area contributed by atoms with Crippen LogP contribution in [0.25, 0.3) is 0 Å². The van der Waals surface area contributed by atoms with Gasteiger partial charge >= 0.3 is 5.97 Å². The zero-order chi connectivity index (χ0) is 20.6. The van der Waals surface area contributed by atoms with Crippen LogP contribution >= 0.6 is 27.7 Å². The van der Waals surface area contributed by atoms with E-state index < -0.39 is 28.9 Å². The Labute approximate surface area is 175 Å². The standard InChI is InChI=1S/C19H21BrN2O5S/c1-19(2,3)27-18(26)14-11(8-23)9-28-17-13(16(25)22(14)17)21-15(24)10-5-4-6-12(20)7-10/h4-7,13,17,23H,8-9H2,1-3H3,(H,21,24)/t13?,17-/m1/s1. The number of aliphatic hydroxyl groups excluding tert-OH is 1. The Hall–Kier alpha value is -1.84. The van der Waals surface area contributed by atoms with E-state index in [0.717, 1.165) is 4.47 Å². The van der Waals surface area contributed by atoms with Crippen LogP contribution in [0.2, 0.25) is 0 Å². The Bertz CT molecular complexity index is 864. The van der Waals surface area contributed by atoms with E-state index in [4.69, 9.17) is 4.74 Å². The maximum Gasteiger partial charge on any atom is 0.355 e. The number of fused-ring (bicyclic) bond motifs is 1. The molecule has 7 nitrogen and oxygen atoms in total. The number of carbonyl (C=O) groups excluding carboxylic acids is 3. The first kappa shape index (κ1) is 20.9. The lowest BCUT2D eigenvalue weighted by atomic mass is 10.0. The van der Waals surface area contributed by atoms with Crippen molar-refractivity contribution in [2.45, 2.75) is 37.8 Å². The number of nitrogens with one attached hydrogen (secondary N) is 1. The number of amides is 2. The Morgan fingerprint density at radius 2 is 2.11 bits per heavy atom. The van der Waals surface area contributed by atoms with Gasteiger partial charge < -0.3 is 15.2 Å². The maximum atomic E-state index is 12.7. The van der Waals surface area contributed by atoms with Crippen LogP contribution in [0.1, 0.15) is 31.1 Å². The third-order valence-corrected chi connectivity index (χ3v) is 6.04. The number of nitrogens with zero attached hydrogens (tertiary/aromatic N) is 1. The van der Waals surface area contributed by atoms with Gasteiger partial charge in [0.2, 0.25) is 0 Å². The van der Waals surface area contributed by atoms with Gasteiger partial charge in [-0.1, -0.05) is 22.0 Å². The third-order valence-electron chi connectivity index (χ3n) is 4.20. The third kappa shape index (κ3) is 4.11. The van der Waals surface area contributed by atoms with Gasteiger partial charge in [0, 0.05) is 15.8 Å². The number of aliphatic hydroxyl groups is 1. The fraction of sp³-hybridized carbons (Fsp3) is 0.421. The van der Waals surface area contributed by atoms with E-state index in [1.807, 2.05) is 0 Å². The van der Waals surface area contributed by atoms with Crippen LogP contribution < -0.4 is 5.32 Å². The highest BCUT2D eigenvalue weighted by molar-refractivity contribution is 9.10. The SMILES string of the molecule is CC(C)(C)OC(=O)C1=C(CO)CS[C@@H]2C(NC(=O)c3cccc(Br)c3)C(=O)N12.